The smallest absolute Gasteiger partial charge is 0.223 e. The van der Waals surface area contributed by atoms with Gasteiger partial charge in [-0.2, -0.15) is 0 Å². The molecule has 1 aliphatic rings. The standard InChI is InChI=1S/C15H21NO3/c1-8-9(2)13(18)11(10(3)12(8)17)6-7-15(4,5)14(16)19/h6-7H2,1-5H3,(H2,16,19). The van der Waals surface area contributed by atoms with Crippen LogP contribution in [0.25, 0.3) is 0 Å². The molecule has 0 aromatic heterocycles. The second kappa shape index (κ2) is 5.11. The second-order valence-corrected chi connectivity index (χ2v) is 5.76. The zero-order chi connectivity index (χ0) is 15.0. The Balaban J connectivity index is 2.99. The van der Waals surface area contributed by atoms with Crippen molar-refractivity contribution in [2.24, 2.45) is 11.1 Å². The monoisotopic (exact) mass is 263 g/mol. The van der Waals surface area contributed by atoms with E-state index in [1.165, 1.54) is 0 Å². The summed E-state index contributed by atoms with van der Waals surface area (Å²) in [4.78, 5) is 35.5. The van der Waals surface area contributed by atoms with Gasteiger partial charge in [0.15, 0.2) is 11.6 Å². The molecule has 0 aromatic rings. The molecule has 0 radical (unpaired) electrons. The van der Waals surface area contributed by atoms with E-state index in [1.807, 2.05) is 0 Å². The van der Waals surface area contributed by atoms with Crippen molar-refractivity contribution in [3.8, 4) is 0 Å². The number of amides is 1. The Bertz CT molecular complexity index is 522. The lowest BCUT2D eigenvalue weighted by molar-refractivity contribution is -0.126. The maximum absolute atomic E-state index is 12.2. The third-order valence-corrected chi connectivity index (χ3v) is 3.98. The fourth-order valence-corrected chi connectivity index (χ4v) is 2.02. The molecular formula is C15H21NO3. The third-order valence-electron chi connectivity index (χ3n) is 3.98. The van der Waals surface area contributed by atoms with Gasteiger partial charge in [0, 0.05) is 27.7 Å². The number of hydrogen-bond donors (Lipinski definition) is 1. The molecule has 2 N–H and O–H groups in total. The zero-order valence-electron chi connectivity index (χ0n) is 12.2. The molecule has 0 fully saturated rings. The first-order valence-electron chi connectivity index (χ1n) is 6.36. The fraction of sp³-hybridized carbons (Fsp3) is 0.533. The molecule has 0 heterocycles. The molecule has 0 unspecified atom stereocenters. The molecule has 1 aliphatic carbocycles. The molecule has 104 valence electrons. The second-order valence-electron chi connectivity index (χ2n) is 5.76. The maximum atomic E-state index is 12.2. The van der Waals surface area contributed by atoms with Gasteiger partial charge in [0.1, 0.15) is 0 Å². The van der Waals surface area contributed by atoms with E-state index in [1.54, 1.807) is 34.6 Å². The summed E-state index contributed by atoms with van der Waals surface area (Å²) in [6, 6.07) is 0. The quantitative estimate of drug-likeness (QED) is 0.789. The summed E-state index contributed by atoms with van der Waals surface area (Å²) in [5, 5.41) is 0. The fourth-order valence-electron chi connectivity index (χ4n) is 2.02. The largest absolute Gasteiger partial charge is 0.369 e. The predicted octanol–water partition coefficient (Wildman–Crippen LogP) is 2.08. The number of hydrogen-bond acceptors (Lipinski definition) is 3. The maximum Gasteiger partial charge on any atom is 0.223 e. The molecule has 0 atom stereocenters. The van der Waals surface area contributed by atoms with Crippen LogP contribution in [0, 0.1) is 5.41 Å². The molecular weight excluding hydrogens is 242 g/mol. The van der Waals surface area contributed by atoms with E-state index in [0.29, 0.717) is 35.1 Å². The summed E-state index contributed by atoms with van der Waals surface area (Å²) >= 11 is 0. The van der Waals surface area contributed by atoms with Crippen LogP contribution in [-0.2, 0) is 14.4 Å². The Kier molecular flexibility index (Phi) is 4.13. The van der Waals surface area contributed by atoms with Gasteiger partial charge in [-0.25, -0.2) is 0 Å². The first kappa shape index (κ1) is 15.3. The lowest BCUT2D eigenvalue weighted by Crippen LogP contribution is -2.32. The third kappa shape index (κ3) is 2.83. The topological polar surface area (TPSA) is 77.2 Å². The summed E-state index contributed by atoms with van der Waals surface area (Å²) in [7, 11) is 0. The van der Waals surface area contributed by atoms with Crippen molar-refractivity contribution in [1.82, 2.24) is 0 Å². The van der Waals surface area contributed by atoms with Crippen molar-refractivity contribution in [3.63, 3.8) is 0 Å². The van der Waals surface area contributed by atoms with Crippen molar-refractivity contribution in [2.75, 3.05) is 0 Å². The van der Waals surface area contributed by atoms with Crippen LogP contribution in [0.5, 0.6) is 0 Å². The molecule has 4 nitrogen and oxygen atoms in total. The van der Waals surface area contributed by atoms with Gasteiger partial charge in [0.25, 0.3) is 0 Å². The highest BCUT2D eigenvalue weighted by Gasteiger charge is 2.31. The molecule has 0 aromatic carbocycles. The number of carbonyl (C=O) groups excluding carboxylic acids is 3. The minimum Gasteiger partial charge on any atom is -0.369 e. The average molecular weight is 263 g/mol. The van der Waals surface area contributed by atoms with Crippen LogP contribution in [0.1, 0.15) is 47.5 Å². The summed E-state index contributed by atoms with van der Waals surface area (Å²) in [5.74, 6) is -0.567. The number of ketones is 2. The molecule has 4 heteroatoms. The van der Waals surface area contributed by atoms with Gasteiger partial charge in [-0.3, -0.25) is 14.4 Å². The first-order valence-corrected chi connectivity index (χ1v) is 6.36. The number of allylic oxidation sites excluding steroid dienone is 4. The Labute approximate surface area is 113 Å². The minimum absolute atomic E-state index is 0.0796. The van der Waals surface area contributed by atoms with Crippen molar-refractivity contribution in [1.29, 1.82) is 0 Å². The van der Waals surface area contributed by atoms with Gasteiger partial charge in [0.2, 0.25) is 5.91 Å². The van der Waals surface area contributed by atoms with Crippen LogP contribution in [0.2, 0.25) is 0 Å². The van der Waals surface area contributed by atoms with Crippen molar-refractivity contribution in [3.05, 3.63) is 22.3 Å². The number of nitrogens with two attached hydrogens (primary N) is 1. The molecule has 0 spiro atoms. The highest BCUT2D eigenvalue weighted by molar-refractivity contribution is 6.24. The van der Waals surface area contributed by atoms with Gasteiger partial charge >= 0.3 is 0 Å². The number of rotatable bonds is 4. The molecule has 19 heavy (non-hydrogen) atoms. The predicted molar refractivity (Wildman–Crippen MR) is 73.3 cm³/mol. The summed E-state index contributed by atoms with van der Waals surface area (Å²) in [6.45, 7) is 8.50. The minimum atomic E-state index is -0.680. The van der Waals surface area contributed by atoms with E-state index >= 15 is 0 Å². The Morgan fingerprint density at radius 2 is 1.47 bits per heavy atom. The first-order chi connectivity index (χ1) is 8.59. The van der Waals surface area contributed by atoms with Gasteiger partial charge < -0.3 is 5.73 Å². The van der Waals surface area contributed by atoms with Crippen LogP contribution < -0.4 is 5.73 Å². The van der Waals surface area contributed by atoms with E-state index in [2.05, 4.69) is 0 Å². The van der Waals surface area contributed by atoms with Crippen LogP contribution in [-0.4, -0.2) is 17.5 Å². The van der Waals surface area contributed by atoms with Crippen LogP contribution in [0.4, 0.5) is 0 Å². The normalized spacial score (nSPS) is 17.3. The highest BCUT2D eigenvalue weighted by Crippen LogP contribution is 2.31. The number of carbonyl (C=O) groups is 3. The summed E-state index contributed by atoms with van der Waals surface area (Å²) in [5.41, 5.74) is 6.66. The van der Waals surface area contributed by atoms with E-state index < -0.39 is 11.3 Å². The van der Waals surface area contributed by atoms with E-state index in [9.17, 15) is 14.4 Å². The Morgan fingerprint density at radius 3 is 1.95 bits per heavy atom. The molecule has 0 aliphatic heterocycles. The average Bonchev–Trinajstić information content (AvgIpc) is 2.33. The molecule has 0 bridgehead atoms. The lowest BCUT2D eigenvalue weighted by Gasteiger charge is -2.23. The van der Waals surface area contributed by atoms with Crippen molar-refractivity contribution < 1.29 is 14.4 Å². The van der Waals surface area contributed by atoms with Crippen LogP contribution in [0.15, 0.2) is 22.3 Å². The molecule has 1 amide bonds. The van der Waals surface area contributed by atoms with E-state index in [4.69, 9.17) is 5.73 Å². The molecule has 1 rings (SSSR count). The van der Waals surface area contributed by atoms with Crippen molar-refractivity contribution in [2.45, 2.75) is 47.5 Å². The van der Waals surface area contributed by atoms with Crippen LogP contribution >= 0.6 is 0 Å². The molecule has 0 saturated heterocycles. The highest BCUT2D eigenvalue weighted by atomic mass is 16.1. The van der Waals surface area contributed by atoms with Gasteiger partial charge in [-0.05, 0) is 33.6 Å². The van der Waals surface area contributed by atoms with Gasteiger partial charge in [0.05, 0.1) is 0 Å². The number of primary amides is 1. The van der Waals surface area contributed by atoms with Gasteiger partial charge in [-0.1, -0.05) is 13.8 Å². The Hall–Kier alpha value is -1.71. The van der Waals surface area contributed by atoms with Crippen LogP contribution in [0.3, 0.4) is 0 Å². The number of Topliss-reactive ketones (excluding diaryl/α,β-unsaturated/α-hetero) is 2. The van der Waals surface area contributed by atoms with E-state index in [0.717, 1.165) is 0 Å². The molecule has 0 saturated carbocycles. The summed E-state index contributed by atoms with van der Waals surface area (Å²) < 4.78 is 0. The SMILES string of the molecule is CC1=C(C)C(=O)C(CCC(C)(C)C(N)=O)=C(C)C1=O. The Morgan fingerprint density at radius 1 is 1.00 bits per heavy atom. The van der Waals surface area contributed by atoms with E-state index in [-0.39, 0.29) is 11.6 Å². The zero-order valence-corrected chi connectivity index (χ0v) is 12.2. The summed E-state index contributed by atoms with van der Waals surface area (Å²) in [6.07, 6.45) is 0.858. The lowest BCUT2D eigenvalue weighted by atomic mass is 9.79. The van der Waals surface area contributed by atoms with Crippen molar-refractivity contribution >= 4 is 17.5 Å². The van der Waals surface area contributed by atoms with Gasteiger partial charge in [-0.15, -0.1) is 0 Å².